The van der Waals surface area contributed by atoms with Crippen LogP contribution in [0.3, 0.4) is 0 Å². The Morgan fingerprint density at radius 3 is 2.41 bits per heavy atom. The van der Waals surface area contributed by atoms with Crippen LogP contribution >= 0.6 is 11.6 Å². The molecule has 0 spiro atoms. The second-order valence-electron chi connectivity index (χ2n) is 8.27. The van der Waals surface area contributed by atoms with Gasteiger partial charge in [-0.2, -0.15) is 0 Å². The highest BCUT2D eigenvalue weighted by atomic mass is 35.5. The summed E-state index contributed by atoms with van der Waals surface area (Å²) in [5.74, 6) is 0.499. The monoisotopic (exact) mass is 412 g/mol. The van der Waals surface area contributed by atoms with Gasteiger partial charge < -0.3 is 14.7 Å². The van der Waals surface area contributed by atoms with Crippen molar-refractivity contribution in [2.75, 3.05) is 51.2 Å². The van der Waals surface area contributed by atoms with Crippen LogP contribution < -0.4 is 4.90 Å². The molecule has 1 aromatic carbocycles. The standard InChI is InChI=1S/C23H29ClN4O/c1-17-3-6-22(25-16-17)20-15-19(4-5-21(20)24)27-9-7-18(8-10-27)23(29)28-13-11-26(2)12-14-28/h3-6,15-16,18H,7-14H2,1-2H3. The maximum Gasteiger partial charge on any atom is 0.225 e. The lowest BCUT2D eigenvalue weighted by Gasteiger charge is -2.38. The summed E-state index contributed by atoms with van der Waals surface area (Å²) >= 11 is 6.46. The molecule has 4 rings (SSSR count). The smallest absolute Gasteiger partial charge is 0.225 e. The normalized spacial score (nSPS) is 18.9. The van der Waals surface area contributed by atoms with E-state index in [0.717, 1.165) is 74.6 Å². The first kappa shape index (κ1) is 20.2. The van der Waals surface area contributed by atoms with Crippen LogP contribution in [0.15, 0.2) is 36.5 Å². The number of carbonyl (C=O) groups excluding carboxylic acids is 1. The van der Waals surface area contributed by atoms with Crippen molar-refractivity contribution in [2.45, 2.75) is 19.8 Å². The molecule has 0 bridgehead atoms. The SMILES string of the molecule is Cc1ccc(-c2cc(N3CCC(C(=O)N4CCN(C)CC4)CC3)ccc2Cl)nc1. The van der Waals surface area contributed by atoms with E-state index in [9.17, 15) is 4.79 Å². The number of halogens is 1. The molecule has 6 heteroatoms. The van der Waals surface area contributed by atoms with Crippen molar-refractivity contribution in [3.63, 3.8) is 0 Å². The summed E-state index contributed by atoms with van der Waals surface area (Å²) in [5.41, 5.74) is 4.13. The first-order valence-corrected chi connectivity index (χ1v) is 10.8. The Balaban J connectivity index is 1.41. The van der Waals surface area contributed by atoms with Crippen LogP contribution in [-0.4, -0.2) is 67.0 Å². The largest absolute Gasteiger partial charge is 0.371 e. The van der Waals surface area contributed by atoms with Crippen LogP contribution in [-0.2, 0) is 4.79 Å². The van der Waals surface area contributed by atoms with Crippen molar-refractivity contribution >= 4 is 23.2 Å². The molecule has 0 atom stereocenters. The Morgan fingerprint density at radius 1 is 1.03 bits per heavy atom. The van der Waals surface area contributed by atoms with E-state index in [4.69, 9.17) is 11.6 Å². The van der Waals surface area contributed by atoms with Gasteiger partial charge in [0.15, 0.2) is 0 Å². The third-order valence-electron chi connectivity index (χ3n) is 6.16. The van der Waals surface area contributed by atoms with E-state index in [-0.39, 0.29) is 5.92 Å². The molecule has 0 saturated carbocycles. The van der Waals surface area contributed by atoms with Crippen LogP contribution in [0.25, 0.3) is 11.3 Å². The zero-order valence-electron chi connectivity index (χ0n) is 17.3. The second kappa shape index (κ2) is 8.72. The zero-order valence-corrected chi connectivity index (χ0v) is 18.0. The molecular weight excluding hydrogens is 384 g/mol. The minimum Gasteiger partial charge on any atom is -0.371 e. The number of rotatable bonds is 3. The first-order chi connectivity index (χ1) is 14.0. The number of nitrogens with zero attached hydrogens (tertiary/aromatic N) is 4. The number of pyridine rings is 1. The summed E-state index contributed by atoms with van der Waals surface area (Å²) in [4.78, 5) is 24.1. The Labute approximate surface area is 178 Å². The average molecular weight is 413 g/mol. The Bertz CT molecular complexity index is 854. The highest BCUT2D eigenvalue weighted by molar-refractivity contribution is 6.33. The number of aromatic nitrogens is 1. The van der Waals surface area contributed by atoms with Crippen LogP contribution in [0.2, 0.25) is 5.02 Å². The van der Waals surface area contributed by atoms with Gasteiger partial charge in [0.1, 0.15) is 0 Å². The molecular formula is C23H29ClN4O. The molecule has 2 aromatic rings. The summed E-state index contributed by atoms with van der Waals surface area (Å²) in [5, 5.41) is 0.713. The van der Waals surface area contributed by atoms with Crippen molar-refractivity contribution in [3.8, 4) is 11.3 Å². The molecule has 0 N–H and O–H groups in total. The van der Waals surface area contributed by atoms with Gasteiger partial charge in [-0.25, -0.2) is 0 Å². The predicted octanol–water partition coefficient (Wildman–Crippen LogP) is 3.70. The fraction of sp³-hybridized carbons (Fsp3) is 0.478. The van der Waals surface area contributed by atoms with Gasteiger partial charge in [-0.1, -0.05) is 17.7 Å². The maximum atomic E-state index is 12.9. The van der Waals surface area contributed by atoms with Crippen molar-refractivity contribution in [1.82, 2.24) is 14.8 Å². The highest BCUT2D eigenvalue weighted by Gasteiger charge is 2.30. The van der Waals surface area contributed by atoms with Gasteiger partial charge in [0, 0.05) is 62.6 Å². The Kier molecular flexibility index (Phi) is 6.07. The van der Waals surface area contributed by atoms with Gasteiger partial charge in [0.05, 0.1) is 10.7 Å². The second-order valence-corrected chi connectivity index (χ2v) is 8.68. The van der Waals surface area contributed by atoms with E-state index in [1.54, 1.807) is 0 Å². The molecule has 1 amide bonds. The zero-order chi connectivity index (χ0) is 20.4. The summed E-state index contributed by atoms with van der Waals surface area (Å²) in [6.07, 6.45) is 3.69. The summed E-state index contributed by atoms with van der Waals surface area (Å²) in [6, 6.07) is 10.2. The van der Waals surface area contributed by atoms with Gasteiger partial charge in [-0.05, 0) is 56.6 Å². The van der Waals surface area contributed by atoms with Crippen LogP contribution in [0.1, 0.15) is 18.4 Å². The maximum absolute atomic E-state index is 12.9. The van der Waals surface area contributed by atoms with Crippen molar-refractivity contribution < 1.29 is 4.79 Å². The van der Waals surface area contributed by atoms with Crippen LogP contribution in [0, 0.1) is 12.8 Å². The van der Waals surface area contributed by atoms with Gasteiger partial charge in [-0.3, -0.25) is 9.78 Å². The molecule has 0 unspecified atom stereocenters. The van der Waals surface area contributed by atoms with Crippen LogP contribution in [0.4, 0.5) is 5.69 Å². The molecule has 154 valence electrons. The van der Waals surface area contributed by atoms with E-state index in [1.807, 2.05) is 25.3 Å². The van der Waals surface area contributed by atoms with E-state index < -0.39 is 0 Å². The molecule has 29 heavy (non-hydrogen) atoms. The average Bonchev–Trinajstić information content (AvgIpc) is 2.75. The molecule has 1 aromatic heterocycles. The number of amides is 1. The van der Waals surface area contributed by atoms with E-state index in [1.165, 1.54) is 0 Å². The minimum atomic E-state index is 0.153. The minimum absolute atomic E-state index is 0.153. The number of piperazine rings is 1. The van der Waals surface area contributed by atoms with Gasteiger partial charge >= 0.3 is 0 Å². The molecule has 0 radical (unpaired) electrons. The predicted molar refractivity (Wildman–Crippen MR) is 118 cm³/mol. The molecule has 2 aliphatic rings. The Morgan fingerprint density at radius 2 is 1.76 bits per heavy atom. The summed E-state index contributed by atoms with van der Waals surface area (Å²) in [7, 11) is 2.12. The van der Waals surface area contributed by atoms with E-state index >= 15 is 0 Å². The fourth-order valence-electron chi connectivity index (χ4n) is 4.20. The molecule has 2 saturated heterocycles. The third-order valence-corrected chi connectivity index (χ3v) is 6.49. The first-order valence-electron chi connectivity index (χ1n) is 10.5. The Hall–Kier alpha value is -2.11. The third kappa shape index (κ3) is 4.57. The number of hydrogen-bond donors (Lipinski definition) is 0. The lowest BCUT2D eigenvalue weighted by molar-refractivity contribution is -0.137. The van der Waals surface area contributed by atoms with Gasteiger partial charge in [-0.15, -0.1) is 0 Å². The number of aryl methyl sites for hydroxylation is 1. The molecule has 3 heterocycles. The van der Waals surface area contributed by atoms with Crippen LogP contribution in [0.5, 0.6) is 0 Å². The van der Waals surface area contributed by atoms with Crippen molar-refractivity contribution in [2.24, 2.45) is 5.92 Å². The number of piperidine rings is 1. The van der Waals surface area contributed by atoms with Gasteiger partial charge in [0.2, 0.25) is 5.91 Å². The lowest BCUT2D eigenvalue weighted by atomic mass is 9.94. The molecule has 2 aliphatic heterocycles. The number of benzene rings is 1. The van der Waals surface area contributed by atoms with E-state index in [0.29, 0.717) is 10.9 Å². The molecule has 5 nitrogen and oxygen atoms in total. The number of likely N-dealkylation sites (N-methyl/N-ethyl adjacent to an activating group) is 1. The van der Waals surface area contributed by atoms with E-state index in [2.05, 4.69) is 44.9 Å². The lowest BCUT2D eigenvalue weighted by Crippen LogP contribution is -2.50. The molecule has 2 fully saturated rings. The van der Waals surface area contributed by atoms with Crippen molar-refractivity contribution in [3.05, 3.63) is 47.1 Å². The fourth-order valence-corrected chi connectivity index (χ4v) is 4.42. The topological polar surface area (TPSA) is 39.7 Å². The number of carbonyl (C=O) groups is 1. The molecule has 0 aliphatic carbocycles. The van der Waals surface area contributed by atoms with Gasteiger partial charge in [0.25, 0.3) is 0 Å². The summed E-state index contributed by atoms with van der Waals surface area (Å²) < 4.78 is 0. The number of hydrogen-bond acceptors (Lipinski definition) is 4. The number of anilines is 1. The van der Waals surface area contributed by atoms with Crippen molar-refractivity contribution in [1.29, 1.82) is 0 Å². The highest BCUT2D eigenvalue weighted by Crippen LogP contribution is 2.33. The summed E-state index contributed by atoms with van der Waals surface area (Å²) in [6.45, 7) is 7.50. The quantitative estimate of drug-likeness (QED) is 0.770.